The van der Waals surface area contributed by atoms with Crippen LogP contribution in [0.4, 0.5) is 0 Å². The minimum Gasteiger partial charge on any atom is -0.481 e. The van der Waals surface area contributed by atoms with Crippen LogP contribution < -0.4 is 5.56 Å². The van der Waals surface area contributed by atoms with E-state index >= 15 is 0 Å². The van der Waals surface area contributed by atoms with Crippen molar-refractivity contribution in [2.45, 2.75) is 32.6 Å². The first kappa shape index (κ1) is 15.2. The Hall–Kier alpha value is -2.18. The highest BCUT2D eigenvalue weighted by Gasteiger charge is 2.41. The molecule has 1 aliphatic rings. The maximum atomic E-state index is 12.2. The molecule has 1 saturated heterocycles. The van der Waals surface area contributed by atoms with Crippen LogP contribution in [-0.2, 0) is 4.79 Å². The SMILES string of the molecule is CCCC1(C(=O)O)CCN(C(=O)c2ccc(=O)[nH]n2)CC1. The van der Waals surface area contributed by atoms with Gasteiger partial charge >= 0.3 is 5.97 Å². The van der Waals surface area contributed by atoms with E-state index in [1.165, 1.54) is 12.1 Å². The Bertz CT molecular complexity index is 568. The van der Waals surface area contributed by atoms with Crippen LogP contribution in [0.25, 0.3) is 0 Å². The number of aromatic amines is 1. The molecule has 0 radical (unpaired) electrons. The lowest BCUT2D eigenvalue weighted by Crippen LogP contribution is -2.46. The fourth-order valence-corrected chi connectivity index (χ4v) is 2.81. The number of carboxylic acids is 1. The average Bonchev–Trinajstić information content (AvgIpc) is 2.48. The molecule has 0 atom stereocenters. The first-order chi connectivity index (χ1) is 9.98. The van der Waals surface area contributed by atoms with Gasteiger partial charge in [0, 0.05) is 19.2 Å². The van der Waals surface area contributed by atoms with Crippen molar-refractivity contribution in [2.24, 2.45) is 5.41 Å². The molecule has 1 aromatic rings. The first-order valence-corrected chi connectivity index (χ1v) is 7.07. The lowest BCUT2D eigenvalue weighted by Gasteiger charge is -2.38. The number of carbonyl (C=O) groups excluding carboxylic acids is 1. The summed E-state index contributed by atoms with van der Waals surface area (Å²) >= 11 is 0. The van der Waals surface area contributed by atoms with Gasteiger partial charge in [-0.1, -0.05) is 13.3 Å². The summed E-state index contributed by atoms with van der Waals surface area (Å²) in [6.07, 6.45) is 2.33. The van der Waals surface area contributed by atoms with E-state index in [2.05, 4.69) is 10.2 Å². The number of aromatic nitrogens is 2. The molecule has 2 heterocycles. The molecule has 21 heavy (non-hydrogen) atoms. The van der Waals surface area contributed by atoms with Gasteiger partial charge in [0.1, 0.15) is 5.69 Å². The molecule has 0 unspecified atom stereocenters. The fraction of sp³-hybridized carbons (Fsp3) is 0.571. The maximum Gasteiger partial charge on any atom is 0.309 e. The number of hydrogen-bond donors (Lipinski definition) is 2. The number of piperidine rings is 1. The molecule has 0 bridgehead atoms. The molecule has 114 valence electrons. The molecule has 0 aliphatic carbocycles. The molecule has 7 heteroatoms. The number of amides is 1. The van der Waals surface area contributed by atoms with Gasteiger partial charge in [0.05, 0.1) is 5.41 Å². The molecule has 1 amide bonds. The van der Waals surface area contributed by atoms with E-state index in [1.54, 1.807) is 4.90 Å². The molecule has 0 saturated carbocycles. The van der Waals surface area contributed by atoms with E-state index in [0.717, 1.165) is 6.42 Å². The lowest BCUT2D eigenvalue weighted by atomic mass is 9.75. The van der Waals surface area contributed by atoms with Gasteiger partial charge in [-0.3, -0.25) is 14.4 Å². The van der Waals surface area contributed by atoms with Gasteiger partial charge in [-0.25, -0.2) is 5.10 Å². The number of nitrogens with one attached hydrogen (secondary N) is 1. The van der Waals surface area contributed by atoms with Crippen molar-refractivity contribution in [2.75, 3.05) is 13.1 Å². The van der Waals surface area contributed by atoms with Gasteiger partial charge in [-0.15, -0.1) is 0 Å². The Kier molecular flexibility index (Phi) is 4.40. The second-order valence-electron chi connectivity index (χ2n) is 5.43. The van der Waals surface area contributed by atoms with Gasteiger partial charge in [0.15, 0.2) is 0 Å². The standard InChI is InChI=1S/C14H19N3O4/c1-2-5-14(13(20)21)6-8-17(9-7-14)12(19)10-3-4-11(18)16-15-10/h3-4H,2,5-9H2,1H3,(H,16,18)(H,20,21). The molecule has 2 N–H and O–H groups in total. The van der Waals surface area contributed by atoms with Crippen LogP contribution in [0, 0.1) is 5.41 Å². The summed E-state index contributed by atoms with van der Waals surface area (Å²) in [6.45, 7) is 2.75. The van der Waals surface area contributed by atoms with Crippen molar-refractivity contribution in [3.63, 3.8) is 0 Å². The molecule has 1 aliphatic heterocycles. The van der Waals surface area contributed by atoms with Crippen molar-refractivity contribution in [3.8, 4) is 0 Å². The molecular weight excluding hydrogens is 274 g/mol. The third-order valence-electron chi connectivity index (χ3n) is 4.09. The number of nitrogens with zero attached hydrogens (tertiary/aromatic N) is 2. The van der Waals surface area contributed by atoms with Crippen LogP contribution in [0.1, 0.15) is 43.1 Å². The van der Waals surface area contributed by atoms with Crippen molar-refractivity contribution in [1.29, 1.82) is 0 Å². The largest absolute Gasteiger partial charge is 0.481 e. The topological polar surface area (TPSA) is 103 Å². The second-order valence-corrected chi connectivity index (χ2v) is 5.43. The van der Waals surface area contributed by atoms with Crippen LogP contribution in [0.5, 0.6) is 0 Å². The van der Waals surface area contributed by atoms with Crippen LogP contribution in [-0.4, -0.2) is 45.2 Å². The monoisotopic (exact) mass is 293 g/mol. The van der Waals surface area contributed by atoms with Gasteiger partial charge in [-0.05, 0) is 25.3 Å². The highest BCUT2D eigenvalue weighted by molar-refractivity contribution is 5.92. The quantitative estimate of drug-likeness (QED) is 0.857. The van der Waals surface area contributed by atoms with Crippen LogP contribution in [0.2, 0.25) is 0 Å². The second kappa shape index (κ2) is 6.07. The zero-order valence-electron chi connectivity index (χ0n) is 12.0. The number of carboxylic acid groups (broad SMARTS) is 1. The third-order valence-corrected chi connectivity index (χ3v) is 4.09. The molecule has 7 nitrogen and oxygen atoms in total. The smallest absolute Gasteiger partial charge is 0.309 e. The summed E-state index contributed by atoms with van der Waals surface area (Å²) in [4.78, 5) is 36.3. The summed E-state index contributed by atoms with van der Waals surface area (Å²) < 4.78 is 0. The van der Waals surface area contributed by atoms with Crippen LogP contribution in [0.3, 0.4) is 0 Å². The van der Waals surface area contributed by atoms with Gasteiger partial charge in [0.2, 0.25) is 0 Å². The summed E-state index contributed by atoms with van der Waals surface area (Å²) in [6, 6.07) is 2.63. The van der Waals surface area contributed by atoms with Crippen LogP contribution >= 0.6 is 0 Å². The Labute approximate surface area is 122 Å². The number of likely N-dealkylation sites (tertiary alicyclic amines) is 1. The zero-order chi connectivity index (χ0) is 15.5. The van der Waals surface area contributed by atoms with E-state index in [1.807, 2.05) is 6.92 Å². The number of aliphatic carboxylic acids is 1. The highest BCUT2D eigenvalue weighted by atomic mass is 16.4. The van der Waals surface area contributed by atoms with Gasteiger partial charge in [0.25, 0.3) is 11.5 Å². The summed E-state index contributed by atoms with van der Waals surface area (Å²) in [5.41, 5.74) is -0.907. The highest BCUT2D eigenvalue weighted by Crippen LogP contribution is 2.36. The fourth-order valence-electron chi connectivity index (χ4n) is 2.81. The van der Waals surface area contributed by atoms with Crippen LogP contribution in [0.15, 0.2) is 16.9 Å². The lowest BCUT2D eigenvalue weighted by molar-refractivity contribution is -0.152. The Balaban J connectivity index is 2.06. The van der Waals surface area contributed by atoms with Gasteiger partial charge < -0.3 is 10.0 Å². The molecule has 1 aromatic heterocycles. The van der Waals surface area contributed by atoms with Crippen molar-refractivity contribution >= 4 is 11.9 Å². The number of carbonyl (C=O) groups is 2. The van der Waals surface area contributed by atoms with E-state index in [-0.39, 0.29) is 17.2 Å². The normalized spacial score (nSPS) is 17.5. The first-order valence-electron chi connectivity index (χ1n) is 7.07. The summed E-state index contributed by atoms with van der Waals surface area (Å²) in [5.74, 6) is -1.06. The minimum atomic E-state index is -0.779. The number of hydrogen-bond acceptors (Lipinski definition) is 4. The third kappa shape index (κ3) is 3.12. The maximum absolute atomic E-state index is 12.2. The Morgan fingerprint density at radius 3 is 2.52 bits per heavy atom. The van der Waals surface area contributed by atoms with Crippen molar-refractivity contribution in [1.82, 2.24) is 15.1 Å². The summed E-state index contributed by atoms with van der Waals surface area (Å²) in [5, 5.41) is 15.4. The van der Waals surface area contributed by atoms with E-state index in [0.29, 0.717) is 32.4 Å². The van der Waals surface area contributed by atoms with Crippen molar-refractivity contribution in [3.05, 3.63) is 28.2 Å². The van der Waals surface area contributed by atoms with E-state index in [9.17, 15) is 19.5 Å². The van der Waals surface area contributed by atoms with Crippen molar-refractivity contribution < 1.29 is 14.7 Å². The Morgan fingerprint density at radius 1 is 1.38 bits per heavy atom. The molecule has 0 spiro atoms. The number of H-pyrrole nitrogens is 1. The average molecular weight is 293 g/mol. The predicted octanol–water partition coefficient (Wildman–Crippen LogP) is 0.877. The molecule has 1 fully saturated rings. The minimum absolute atomic E-state index is 0.174. The Morgan fingerprint density at radius 2 is 2.05 bits per heavy atom. The molecule has 0 aromatic carbocycles. The van der Waals surface area contributed by atoms with E-state index < -0.39 is 11.4 Å². The molecular formula is C14H19N3O4. The molecule has 2 rings (SSSR count). The van der Waals surface area contributed by atoms with E-state index in [4.69, 9.17) is 0 Å². The predicted molar refractivity (Wildman–Crippen MR) is 75.0 cm³/mol. The number of rotatable bonds is 4. The zero-order valence-corrected chi connectivity index (χ0v) is 12.0. The van der Waals surface area contributed by atoms with Gasteiger partial charge in [-0.2, -0.15) is 5.10 Å². The summed E-state index contributed by atoms with van der Waals surface area (Å²) in [7, 11) is 0.